The fourth-order valence-corrected chi connectivity index (χ4v) is 2.62. The number of hydrogen-bond acceptors (Lipinski definition) is 4. The van der Waals surface area contributed by atoms with Gasteiger partial charge in [0.15, 0.2) is 0 Å². The van der Waals surface area contributed by atoms with Gasteiger partial charge in [-0.2, -0.15) is 0 Å². The van der Waals surface area contributed by atoms with Gasteiger partial charge in [-0.3, -0.25) is 14.5 Å². The van der Waals surface area contributed by atoms with E-state index in [2.05, 4.69) is 10.1 Å². The van der Waals surface area contributed by atoms with Crippen molar-refractivity contribution in [2.75, 3.05) is 24.4 Å². The van der Waals surface area contributed by atoms with E-state index in [0.29, 0.717) is 24.2 Å². The topological polar surface area (TPSA) is 95.9 Å². The molecule has 1 aliphatic carbocycles. The van der Waals surface area contributed by atoms with E-state index in [4.69, 9.17) is 0 Å². The third kappa shape index (κ3) is 3.92. The van der Waals surface area contributed by atoms with Gasteiger partial charge < -0.3 is 15.2 Å². The highest BCUT2D eigenvalue weighted by atomic mass is 16.5. The molecule has 128 valence electrons. The number of hydrogen-bond donors (Lipinski definition) is 2. The highest BCUT2D eigenvalue weighted by molar-refractivity contribution is 5.96. The van der Waals surface area contributed by atoms with E-state index < -0.39 is 23.9 Å². The van der Waals surface area contributed by atoms with Crippen molar-refractivity contribution in [2.24, 2.45) is 11.8 Å². The number of allylic oxidation sites excluding steroid dienone is 2. The van der Waals surface area contributed by atoms with Gasteiger partial charge in [-0.05, 0) is 37.1 Å². The van der Waals surface area contributed by atoms with E-state index in [1.165, 1.54) is 12.0 Å². The first-order valence-corrected chi connectivity index (χ1v) is 7.54. The minimum atomic E-state index is -0.963. The Labute approximate surface area is 139 Å². The lowest BCUT2D eigenvalue weighted by atomic mass is 9.82. The van der Waals surface area contributed by atoms with Crippen molar-refractivity contribution >= 4 is 29.3 Å². The zero-order valence-electron chi connectivity index (χ0n) is 13.6. The number of carboxylic acid groups (broad SMARTS) is 1. The van der Waals surface area contributed by atoms with E-state index in [9.17, 15) is 19.5 Å². The van der Waals surface area contributed by atoms with Gasteiger partial charge in [-0.25, -0.2) is 4.79 Å². The summed E-state index contributed by atoms with van der Waals surface area (Å²) in [4.78, 5) is 36.4. The molecule has 2 N–H and O–H groups in total. The molecule has 1 aliphatic rings. The summed E-state index contributed by atoms with van der Waals surface area (Å²) in [5.74, 6) is -2.58. The molecular formula is C17H20N2O5. The molecule has 0 heterocycles. The summed E-state index contributed by atoms with van der Waals surface area (Å²) in [6, 6.07) is 6.65. The van der Waals surface area contributed by atoms with Gasteiger partial charge >= 0.3 is 12.1 Å². The number of carbonyl (C=O) groups is 3. The normalized spacial score (nSPS) is 19.4. The minimum Gasteiger partial charge on any atom is -0.481 e. The molecule has 7 heteroatoms. The van der Waals surface area contributed by atoms with Crippen molar-refractivity contribution < 1.29 is 24.2 Å². The van der Waals surface area contributed by atoms with Gasteiger partial charge in [0.1, 0.15) is 0 Å². The largest absolute Gasteiger partial charge is 0.481 e. The molecule has 0 radical (unpaired) electrons. The van der Waals surface area contributed by atoms with Crippen LogP contribution in [0.1, 0.15) is 12.8 Å². The third-order valence-corrected chi connectivity index (χ3v) is 4.06. The van der Waals surface area contributed by atoms with Crippen molar-refractivity contribution in [2.45, 2.75) is 12.8 Å². The molecule has 0 aromatic heterocycles. The molecule has 1 aromatic carbocycles. The number of nitrogens with zero attached hydrogens (tertiary/aromatic N) is 1. The monoisotopic (exact) mass is 332 g/mol. The standard InChI is InChI=1S/C17H20N2O5/c1-19(17(23)24-2)12-9-7-11(8-10-12)18-15(20)13-5-3-4-6-14(13)16(21)22/h3-4,7-10,13-14H,5-6H2,1-2H3,(H,18,20)(H,21,22)/t13-,14-/m0/s1. The molecule has 0 saturated carbocycles. The molecule has 0 aliphatic heterocycles. The fourth-order valence-electron chi connectivity index (χ4n) is 2.62. The van der Waals surface area contributed by atoms with E-state index in [-0.39, 0.29) is 5.91 Å². The van der Waals surface area contributed by atoms with Gasteiger partial charge in [0.25, 0.3) is 0 Å². The zero-order chi connectivity index (χ0) is 17.7. The molecule has 24 heavy (non-hydrogen) atoms. The number of anilines is 2. The average molecular weight is 332 g/mol. The van der Waals surface area contributed by atoms with Crippen molar-refractivity contribution in [3.8, 4) is 0 Å². The lowest BCUT2D eigenvalue weighted by molar-refractivity contribution is -0.146. The SMILES string of the molecule is COC(=O)N(C)c1ccc(NC(=O)[C@H]2CC=CC[C@@H]2C(=O)O)cc1. The van der Waals surface area contributed by atoms with Crippen LogP contribution in [0.5, 0.6) is 0 Å². The van der Waals surface area contributed by atoms with Gasteiger partial charge in [0.2, 0.25) is 5.91 Å². The maximum absolute atomic E-state index is 12.4. The second-order valence-electron chi connectivity index (χ2n) is 5.56. The predicted molar refractivity (Wildman–Crippen MR) is 88.9 cm³/mol. The summed E-state index contributed by atoms with van der Waals surface area (Å²) >= 11 is 0. The third-order valence-electron chi connectivity index (χ3n) is 4.06. The van der Waals surface area contributed by atoms with Crippen LogP contribution < -0.4 is 10.2 Å². The number of nitrogens with one attached hydrogen (secondary N) is 1. The van der Waals surface area contributed by atoms with Gasteiger partial charge in [0, 0.05) is 18.4 Å². The van der Waals surface area contributed by atoms with E-state index >= 15 is 0 Å². The number of ether oxygens (including phenoxy) is 1. The number of methoxy groups -OCH3 is 1. The van der Waals surface area contributed by atoms with Crippen LogP contribution >= 0.6 is 0 Å². The van der Waals surface area contributed by atoms with Crippen molar-refractivity contribution in [1.82, 2.24) is 0 Å². The zero-order valence-corrected chi connectivity index (χ0v) is 13.6. The molecule has 0 saturated heterocycles. The van der Waals surface area contributed by atoms with Gasteiger partial charge in [-0.1, -0.05) is 12.2 Å². The Hall–Kier alpha value is -2.83. The van der Waals surface area contributed by atoms with E-state index in [0.717, 1.165) is 0 Å². The summed E-state index contributed by atoms with van der Waals surface area (Å²) in [5.41, 5.74) is 1.16. The van der Waals surface area contributed by atoms with Gasteiger partial charge in [-0.15, -0.1) is 0 Å². The predicted octanol–water partition coefficient (Wildman–Crippen LogP) is 2.49. The van der Waals surface area contributed by atoms with Crippen LogP contribution in [0, 0.1) is 11.8 Å². The molecule has 1 aromatic rings. The number of amides is 2. The highest BCUT2D eigenvalue weighted by Crippen LogP contribution is 2.27. The molecule has 7 nitrogen and oxygen atoms in total. The van der Waals surface area contributed by atoms with Crippen LogP contribution in [-0.4, -0.2) is 37.2 Å². The molecule has 2 rings (SSSR count). The van der Waals surface area contributed by atoms with Crippen LogP contribution in [-0.2, 0) is 14.3 Å². The number of carboxylic acids is 1. The minimum absolute atomic E-state index is 0.319. The Morgan fingerprint density at radius 2 is 1.71 bits per heavy atom. The molecule has 0 fully saturated rings. The summed E-state index contributed by atoms with van der Waals surface area (Å²) in [6.45, 7) is 0. The van der Waals surface area contributed by atoms with Crippen molar-refractivity contribution in [1.29, 1.82) is 0 Å². The first-order chi connectivity index (χ1) is 11.4. The molecule has 0 spiro atoms. The Bertz CT molecular complexity index is 653. The summed E-state index contributed by atoms with van der Waals surface area (Å²) in [7, 11) is 2.87. The lowest BCUT2D eigenvalue weighted by Gasteiger charge is -2.24. The number of carbonyl (C=O) groups excluding carboxylic acids is 2. The maximum Gasteiger partial charge on any atom is 0.413 e. The van der Waals surface area contributed by atoms with Crippen LogP contribution in [0.3, 0.4) is 0 Å². The first-order valence-electron chi connectivity index (χ1n) is 7.54. The van der Waals surface area contributed by atoms with Gasteiger partial charge in [0.05, 0.1) is 18.9 Å². The summed E-state index contributed by atoms with van der Waals surface area (Å²) in [5, 5.41) is 12.0. The highest BCUT2D eigenvalue weighted by Gasteiger charge is 2.33. The number of rotatable bonds is 4. The van der Waals surface area contributed by atoms with Crippen LogP contribution in [0.25, 0.3) is 0 Å². The molecule has 0 bridgehead atoms. The number of aliphatic carboxylic acids is 1. The summed E-state index contributed by atoms with van der Waals surface area (Å²) < 4.78 is 4.63. The fraction of sp³-hybridized carbons (Fsp3) is 0.353. The van der Waals surface area contributed by atoms with Crippen LogP contribution in [0.2, 0.25) is 0 Å². The maximum atomic E-state index is 12.4. The van der Waals surface area contributed by atoms with E-state index in [1.807, 2.05) is 6.08 Å². The average Bonchev–Trinajstić information content (AvgIpc) is 2.61. The lowest BCUT2D eigenvalue weighted by Crippen LogP contribution is -2.34. The molecular weight excluding hydrogens is 312 g/mol. The Morgan fingerprint density at radius 3 is 2.25 bits per heavy atom. The summed E-state index contributed by atoms with van der Waals surface area (Å²) in [6.07, 6.45) is 3.89. The van der Waals surface area contributed by atoms with E-state index in [1.54, 1.807) is 37.4 Å². The van der Waals surface area contributed by atoms with Crippen molar-refractivity contribution in [3.63, 3.8) is 0 Å². The number of benzene rings is 1. The Morgan fingerprint density at radius 1 is 1.12 bits per heavy atom. The second-order valence-corrected chi connectivity index (χ2v) is 5.56. The quantitative estimate of drug-likeness (QED) is 0.826. The Kier molecular flexibility index (Phi) is 5.57. The van der Waals surface area contributed by atoms with Crippen LogP contribution in [0.15, 0.2) is 36.4 Å². The smallest absolute Gasteiger partial charge is 0.413 e. The molecule has 2 atom stereocenters. The first kappa shape index (κ1) is 17.5. The molecule has 0 unspecified atom stereocenters. The van der Waals surface area contributed by atoms with Crippen LogP contribution in [0.4, 0.5) is 16.2 Å². The van der Waals surface area contributed by atoms with Crippen molar-refractivity contribution in [3.05, 3.63) is 36.4 Å². The Balaban J connectivity index is 2.05. The second kappa shape index (κ2) is 7.63. The molecule has 2 amide bonds.